The summed E-state index contributed by atoms with van der Waals surface area (Å²) in [5.41, 5.74) is 0. The van der Waals surface area contributed by atoms with E-state index in [1.807, 2.05) is 0 Å². The lowest BCUT2D eigenvalue weighted by molar-refractivity contribution is 0.163. The first-order valence-electron chi connectivity index (χ1n) is 7.01. The number of aryl methyl sites for hydroxylation is 1. The summed E-state index contributed by atoms with van der Waals surface area (Å²) < 4.78 is 5.07. The molecule has 116 valence electrons. The molecule has 0 aliphatic heterocycles. The van der Waals surface area contributed by atoms with Crippen LogP contribution in [0.4, 0.5) is 5.82 Å². The number of hydrogen-bond acceptors (Lipinski definition) is 6. The number of methoxy groups -OCH3 is 1. The van der Waals surface area contributed by atoms with Crippen molar-refractivity contribution in [2.45, 2.75) is 13.3 Å². The summed E-state index contributed by atoms with van der Waals surface area (Å²) in [5.74, 6) is 0.820. The molecule has 2 aromatic rings. The van der Waals surface area contributed by atoms with Crippen molar-refractivity contribution in [3.63, 3.8) is 0 Å². The van der Waals surface area contributed by atoms with Gasteiger partial charge in [0, 0.05) is 31.6 Å². The fourth-order valence-corrected chi connectivity index (χ4v) is 3.16. The summed E-state index contributed by atoms with van der Waals surface area (Å²) in [6.45, 7) is 5.51. The van der Waals surface area contributed by atoms with Crippen molar-refractivity contribution < 1.29 is 4.74 Å². The largest absolute Gasteiger partial charge is 0.383 e. The zero-order valence-corrected chi connectivity index (χ0v) is 14.2. The molecule has 1 N–H and O–H groups in total. The van der Waals surface area contributed by atoms with Crippen LogP contribution in [0.5, 0.6) is 0 Å². The average molecular weight is 329 g/mol. The minimum atomic E-state index is 0.294. The maximum absolute atomic E-state index is 6.00. The van der Waals surface area contributed by atoms with Crippen LogP contribution in [0.3, 0.4) is 0 Å². The van der Waals surface area contributed by atoms with Gasteiger partial charge >= 0.3 is 0 Å². The highest BCUT2D eigenvalue weighted by Crippen LogP contribution is 2.30. The third-order valence-corrected chi connectivity index (χ3v) is 4.57. The van der Waals surface area contributed by atoms with Gasteiger partial charge in [-0.1, -0.05) is 6.92 Å². The van der Waals surface area contributed by atoms with Gasteiger partial charge in [-0.3, -0.25) is 0 Å². The monoisotopic (exact) mass is 328 g/mol. The third-order valence-electron chi connectivity index (χ3n) is 3.23. The number of nitrogens with zero attached hydrogens (tertiary/aromatic N) is 3. The predicted molar refractivity (Wildman–Crippen MR) is 89.7 cm³/mol. The normalized spacial score (nSPS) is 11.5. The molecule has 0 radical (unpaired) electrons. The third kappa shape index (κ3) is 4.51. The van der Waals surface area contributed by atoms with Crippen LogP contribution in [-0.2, 0) is 11.2 Å². The molecule has 0 aromatic carbocycles. The maximum atomic E-state index is 6.00. The molecule has 21 heavy (non-hydrogen) atoms. The van der Waals surface area contributed by atoms with Gasteiger partial charge in [-0.15, -0.1) is 11.3 Å². The number of rotatable bonds is 8. The summed E-state index contributed by atoms with van der Waals surface area (Å²) >= 11 is 7.68. The molecule has 2 rings (SSSR count). The zero-order chi connectivity index (χ0) is 15.2. The van der Waals surface area contributed by atoms with Gasteiger partial charge in [0.25, 0.3) is 0 Å². The molecular formula is C14H21ClN4OS. The first kappa shape index (κ1) is 16.4. The number of nitrogens with one attached hydrogen (secondary N) is 1. The molecule has 2 aromatic heterocycles. The van der Waals surface area contributed by atoms with Crippen molar-refractivity contribution in [2.24, 2.45) is 0 Å². The quantitative estimate of drug-likeness (QED) is 0.755. The Labute approximate surface area is 134 Å². The molecule has 2 heterocycles. The van der Waals surface area contributed by atoms with Gasteiger partial charge in [0.05, 0.1) is 12.0 Å². The number of fused-ring (bicyclic) bond motifs is 1. The first-order valence-corrected chi connectivity index (χ1v) is 8.20. The summed E-state index contributed by atoms with van der Waals surface area (Å²) in [7, 11) is 3.79. The molecule has 7 heteroatoms. The van der Waals surface area contributed by atoms with Crippen LogP contribution >= 0.6 is 22.9 Å². The highest BCUT2D eigenvalue weighted by Gasteiger charge is 2.10. The Hall–Kier alpha value is -0.950. The fourth-order valence-electron chi connectivity index (χ4n) is 1.98. The van der Waals surface area contributed by atoms with Gasteiger partial charge in [0.2, 0.25) is 5.28 Å². The van der Waals surface area contributed by atoms with Crippen LogP contribution in [0.25, 0.3) is 10.2 Å². The Bertz CT molecular complexity index is 590. The van der Waals surface area contributed by atoms with Crippen LogP contribution in [0.1, 0.15) is 11.8 Å². The average Bonchev–Trinajstić information content (AvgIpc) is 2.88. The second kappa shape index (κ2) is 7.89. The van der Waals surface area contributed by atoms with E-state index in [-0.39, 0.29) is 0 Å². The Kier molecular flexibility index (Phi) is 6.17. The molecule has 0 unspecified atom stereocenters. The molecule has 5 nitrogen and oxygen atoms in total. The van der Waals surface area contributed by atoms with Crippen LogP contribution in [0.2, 0.25) is 5.28 Å². The smallest absolute Gasteiger partial charge is 0.225 e. The summed E-state index contributed by atoms with van der Waals surface area (Å²) in [4.78, 5) is 13.1. The number of aromatic nitrogens is 2. The summed E-state index contributed by atoms with van der Waals surface area (Å²) in [6, 6.07) is 2.15. The van der Waals surface area contributed by atoms with Crippen LogP contribution < -0.4 is 5.32 Å². The lowest BCUT2D eigenvalue weighted by atomic mass is 10.3. The van der Waals surface area contributed by atoms with E-state index < -0.39 is 0 Å². The molecule has 0 saturated heterocycles. The predicted octanol–water partition coefficient (Wildman–Crippen LogP) is 2.90. The Morgan fingerprint density at radius 3 is 2.90 bits per heavy atom. The Morgan fingerprint density at radius 1 is 1.38 bits per heavy atom. The number of thiophene rings is 1. The van der Waals surface area contributed by atoms with E-state index in [0.717, 1.165) is 48.7 Å². The standard InChI is InChI=1S/C14H21ClN4OS/c1-4-10-9-11-12(17-14(15)18-13(11)21-10)16-5-6-19(2)7-8-20-3/h9H,4-8H2,1-3H3,(H,16,17,18). The number of likely N-dealkylation sites (N-methyl/N-ethyl adjacent to an activating group) is 1. The van der Waals surface area contributed by atoms with Gasteiger partial charge in [0.1, 0.15) is 10.6 Å². The molecule has 0 bridgehead atoms. The van der Waals surface area contributed by atoms with Crippen molar-refractivity contribution in [1.82, 2.24) is 14.9 Å². The Balaban J connectivity index is 2.02. The number of ether oxygens (including phenoxy) is 1. The minimum absolute atomic E-state index is 0.294. The molecule has 0 spiro atoms. The van der Waals surface area contributed by atoms with Gasteiger partial charge in [-0.2, -0.15) is 0 Å². The van der Waals surface area contributed by atoms with Crippen LogP contribution in [0.15, 0.2) is 6.07 Å². The van der Waals surface area contributed by atoms with E-state index in [4.69, 9.17) is 16.3 Å². The van der Waals surface area contributed by atoms with Crippen molar-refractivity contribution in [3.05, 3.63) is 16.2 Å². The topological polar surface area (TPSA) is 50.3 Å². The lowest BCUT2D eigenvalue weighted by Gasteiger charge is -2.16. The Morgan fingerprint density at radius 2 is 2.19 bits per heavy atom. The molecule has 0 amide bonds. The van der Waals surface area contributed by atoms with E-state index in [1.165, 1.54) is 4.88 Å². The number of anilines is 1. The molecule has 0 aliphatic rings. The summed E-state index contributed by atoms with van der Waals surface area (Å²) in [6.07, 6.45) is 0.998. The fraction of sp³-hybridized carbons (Fsp3) is 0.571. The van der Waals surface area contributed by atoms with Gasteiger partial charge in [0.15, 0.2) is 0 Å². The first-order chi connectivity index (χ1) is 10.1. The molecule has 0 saturated carbocycles. The molecule has 0 atom stereocenters. The van der Waals surface area contributed by atoms with Crippen molar-refractivity contribution in [2.75, 3.05) is 45.7 Å². The van der Waals surface area contributed by atoms with E-state index in [2.05, 4.69) is 40.2 Å². The van der Waals surface area contributed by atoms with Crippen molar-refractivity contribution in [1.29, 1.82) is 0 Å². The SMILES string of the molecule is CCc1cc2c(NCCN(C)CCOC)nc(Cl)nc2s1. The zero-order valence-electron chi connectivity index (χ0n) is 12.6. The van der Waals surface area contributed by atoms with Crippen molar-refractivity contribution in [3.8, 4) is 0 Å². The second-order valence-corrected chi connectivity index (χ2v) is 6.30. The molecular weight excluding hydrogens is 308 g/mol. The highest BCUT2D eigenvalue weighted by atomic mass is 35.5. The molecule has 0 aliphatic carbocycles. The summed E-state index contributed by atoms with van der Waals surface area (Å²) in [5, 5.41) is 4.71. The van der Waals surface area contributed by atoms with Gasteiger partial charge in [-0.25, -0.2) is 9.97 Å². The molecule has 0 fully saturated rings. The van der Waals surface area contributed by atoms with Crippen LogP contribution in [-0.4, -0.2) is 55.3 Å². The lowest BCUT2D eigenvalue weighted by Crippen LogP contribution is -2.28. The van der Waals surface area contributed by atoms with E-state index >= 15 is 0 Å². The van der Waals surface area contributed by atoms with Gasteiger partial charge in [-0.05, 0) is 31.1 Å². The highest BCUT2D eigenvalue weighted by molar-refractivity contribution is 7.18. The van der Waals surface area contributed by atoms with E-state index in [0.29, 0.717) is 5.28 Å². The number of hydrogen-bond donors (Lipinski definition) is 1. The van der Waals surface area contributed by atoms with Crippen LogP contribution in [0, 0.1) is 0 Å². The maximum Gasteiger partial charge on any atom is 0.225 e. The van der Waals surface area contributed by atoms with Gasteiger partial charge < -0.3 is 15.0 Å². The minimum Gasteiger partial charge on any atom is -0.383 e. The van der Waals surface area contributed by atoms with Crippen molar-refractivity contribution >= 4 is 39.0 Å². The van der Waals surface area contributed by atoms with E-state index in [9.17, 15) is 0 Å². The number of halogens is 1. The van der Waals surface area contributed by atoms with E-state index in [1.54, 1.807) is 18.4 Å². The second-order valence-electron chi connectivity index (χ2n) is 4.85.